The van der Waals surface area contributed by atoms with Crippen molar-refractivity contribution in [1.82, 2.24) is 15.8 Å². The fourth-order valence-corrected chi connectivity index (χ4v) is 2.58. The molecule has 2 aromatic rings. The highest BCUT2D eigenvalue weighted by atomic mass is 35.5. The zero-order valence-electron chi connectivity index (χ0n) is 12.4. The molecule has 0 aliphatic carbocycles. The summed E-state index contributed by atoms with van der Waals surface area (Å²) in [6.07, 6.45) is 2.90. The molecule has 3 amide bonds. The van der Waals surface area contributed by atoms with Crippen LogP contribution in [0.3, 0.4) is 0 Å². The standard InChI is InChI=1S/C16H13ClN4O3/c17-11-3-1-2-4-13(11)21-14(22)9-12(16(21)24)19-20-15(23)10-5-7-18-8-6-10/h1-8,12,19H,9H2,(H,20,23)/t12-/m1/s1. The summed E-state index contributed by atoms with van der Waals surface area (Å²) in [5.41, 5.74) is 5.75. The normalized spacial score (nSPS) is 17.2. The molecule has 7 nitrogen and oxygen atoms in total. The lowest BCUT2D eigenvalue weighted by atomic mass is 10.2. The van der Waals surface area contributed by atoms with E-state index in [1.54, 1.807) is 24.3 Å². The summed E-state index contributed by atoms with van der Waals surface area (Å²) in [7, 11) is 0. The van der Waals surface area contributed by atoms with E-state index in [1.165, 1.54) is 24.5 Å². The number of anilines is 1. The lowest BCUT2D eigenvalue weighted by Gasteiger charge is -2.17. The van der Waals surface area contributed by atoms with Gasteiger partial charge in [-0.3, -0.25) is 24.8 Å². The van der Waals surface area contributed by atoms with E-state index in [1.807, 2.05) is 0 Å². The van der Waals surface area contributed by atoms with E-state index in [0.29, 0.717) is 16.3 Å². The fourth-order valence-electron chi connectivity index (χ4n) is 2.36. The summed E-state index contributed by atoms with van der Waals surface area (Å²) in [5, 5.41) is 0.306. The number of nitrogens with one attached hydrogen (secondary N) is 2. The molecule has 0 bridgehead atoms. The Morgan fingerprint density at radius 2 is 1.88 bits per heavy atom. The third-order valence-corrected chi connectivity index (χ3v) is 3.86. The number of benzene rings is 1. The molecule has 0 spiro atoms. The Hall–Kier alpha value is -2.77. The number of nitrogens with zero attached hydrogens (tertiary/aromatic N) is 2. The van der Waals surface area contributed by atoms with Gasteiger partial charge in [-0.05, 0) is 24.3 Å². The summed E-state index contributed by atoms with van der Waals surface area (Å²) in [6, 6.07) is 8.82. The predicted octanol–water partition coefficient (Wildman–Crippen LogP) is 1.30. The first-order chi connectivity index (χ1) is 11.6. The minimum absolute atomic E-state index is 0.0688. The Morgan fingerprint density at radius 1 is 1.17 bits per heavy atom. The molecule has 0 saturated carbocycles. The second-order valence-electron chi connectivity index (χ2n) is 5.11. The first-order valence-electron chi connectivity index (χ1n) is 7.15. The van der Waals surface area contributed by atoms with Gasteiger partial charge in [0.25, 0.3) is 11.8 Å². The van der Waals surface area contributed by atoms with E-state index in [-0.39, 0.29) is 12.3 Å². The van der Waals surface area contributed by atoms with Gasteiger partial charge in [0.15, 0.2) is 0 Å². The Kier molecular flexibility index (Phi) is 4.54. The summed E-state index contributed by atoms with van der Waals surface area (Å²) < 4.78 is 0. The molecule has 1 aromatic carbocycles. The first kappa shape index (κ1) is 16.1. The van der Waals surface area contributed by atoms with E-state index in [2.05, 4.69) is 15.8 Å². The Balaban J connectivity index is 1.69. The van der Waals surface area contributed by atoms with Gasteiger partial charge in [0, 0.05) is 18.0 Å². The number of carbonyl (C=O) groups is 3. The molecule has 24 heavy (non-hydrogen) atoms. The number of imide groups is 1. The molecule has 1 saturated heterocycles. The Morgan fingerprint density at radius 3 is 2.58 bits per heavy atom. The summed E-state index contributed by atoms with van der Waals surface area (Å²) in [5.74, 6) is -1.28. The van der Waals surface area contributed by atoms with E-state index in [4.69, 9.17) is 11.6 Å². The lowest BCUT2D eigenvalue weighted by Crippen LogP contribution is -2.48. The first-order valence-corrected chi connectivity index (χ1v) is 7.53. The number of amides is 3. The van der Waals surface area contributed by atoms with Gasteiger partial charge in [0.05, 0.1) is 17.1 Å². The molecule has 2 N–H and O–H groups in total. The zero-order valence-corrected chi connectivity index (χ0v) is 13.2. The molecule has 3 rings (SSSR count). The van der Waals surface area contributed by atoms with Gasteiger partial charge in [0.2, 0.25) is 5.91 Å². The van der Waals surface area contributed by atoms with Gasteiger partial charge in [-0.25, -0.2) is 10.3 Å². The van der Waals surface area contributed by atoms with Crippen LogP contribution in [0.1, 0.15) is 16.8 Å². The largest absolute Gasteiger partial charge is 0.287 e. The number of rotatable bonds is 4. The van der Waals surface area contributed by atoms with Gasteiger partial charge in [-0.1, -0.05) is 23.7 Å². The minimum atomic E-state index is -0.848. The van der Waals surface area contributed by atoms with Crippen LogP contribution in [0.5, 0.6) is 0 Å². The average molecular weight is 345 g/mol. The molecule has 1 fully saturated rings. The van der Waals surface area contributed by atoms with Gasteiger partial charge in [-0.15, -0.1) is 0 Å². The molecule has 122 valence electrons. The van der Waals surface area contributed by atoms with Crippen molar-refractivity contribution in [2.45, 2.75) is 12.5 Å². The number of carbonyl (C=O) groups excluding carboxylic acids is 3. The molecule has 1 aromatic heterocycles. The van der Waals surface area contributed by atoms with Crippen molar-refractivity contribution in [3.63, 3.8) is 0 Å². The lowest BCUT2D eigenvalue weighted by molar-refractivity contribution is -0.121. The molecule has 0 unspecified atom stereocenters. The average Bonchev–Trinajstić information content (AvgIpc) is 2.88. The van der Waals surface area contributed by atoms with Crippen LogP contribution in [0, 0.1) is 0 Å². The quantitative estimate of drug-likeness (QED) is 0.644. The summed E-state index contributed by atoms with van der Waals surface area (Å²) in [4.78, 5) is 41.4. The number of hydrogen-bond donors (Lipinski definition) is 2. The number of pyridine rings is 1. The van der Waals surface area contributed by atoms with Crippen molar-refractivity contribution in [3.8, 4) is 0 Å². The molecular formula is C16H13ClN4O3. The van der Waals surface area contributed by atoms with Crippen LogP contribution in [-0.4, -0.2) is 28.7 Å². The second-order valence-corrected chi connectivity index (χ2v) is 5.52. The maximum absolute atomic E-state index is 12.4. The number of aromatic nitrogens is 1. The van der Waals surface area contributed by atoms with E-state index in [9.17, 15) is 14.4 Å². The highest BCUT2D eigenvalue weighted by Gasteiger charge is 2.40. The van der Waals surface area contributed by atoms with Gasteiger partial charge in [-0.2, -0.15) is 0 Å². The topological polar surface area (TPSA) is 91.4 Å². The van der Waals surface area contributed by atoms with Crippen molar-refractivity contribution in [3.05, 3.63) is 59.4 Å². The van der Waals surface area contributed by atoms with Crippen LogP contribution in [0.25, 0.3) is 0 Å². The van der Waals surface area contributed by atoms with Gasteiger partial charge >= 0.3 is 0 Å². The zero-order chi connectivity index (χ0) is 17.1. The van der Waals surface area contributed by atoms with Crippen LogP contribution in [0.2, 0.25) is 5.02 Å². The molecule has 1 aliphatic heterocycles. The van der Waals surface area contributed by atoms with E-state index in [0.717, 1.165) is 4.90 Å². The molecule has 1 aliphatic rings. The number of hydrazine groups is 1. The smallest absolute Gasteiger partial charge is 0.265 e. The highest BCUT2D eigenvalue weighted by Crippen LogP contribution is 2.29. The van der Waals surface area contributed by atoms with Crippen LogP contribution in [-0.2, 0) is 9.59 Å². The predicted molar refractivity (Wildman–Crippen MR) is 87.2 cm³/mol. The van der Waals surface area contributed by atoms with Crippen molar-refractivity contribution < 1.29 is 14.4 Å². The second kappa shape index (κ2) is 6.77. The SMILES string of the molecule is O=C(NN[C@@H]1CC(=O)N(c2ccccc2Cl)C1=O)c1ccncc1. The van der Waals surface area contributed by atoms with Crippen LogP contribution in [0.15, 0.2) is 48.8 Å². The maximum atomic E-state index is 12.4. The molecule has 1 atom stereocenters. The molecule has 8 heteroatoms. The van der Waals surface area contributed by atoms with E-state index < -0.39 is 17.9 Å². The van der Waals surface area contributed by atoms with Crippen molar-refractivity contribution in [2.75, 3.05) is 4.90 Å². The minimum Gasteiger partial charge on any atom is -0.287 e. The van der Waals surface area contributed by atoms with Crippen molar-refractivity contribution in [2.24, 2.45) is 0 Å². The van der Waals surface area contributed by atoms with Crippen molar-refractivity contribution in [1.29, 1.82) is 0 Å². The molecule has 0 radical (unpaired) electrons. The third-order valence-electron chi connectivity index (χ3n) is 3.54. The van der Waals surface area contributed by atoms with Crippen LogP contribution < -0.4 is 15.8 Å². The molecule has 2 heterocycles. The number of halogens is 1. The number of para-hydroxylation sites is 1. The summed E-state index contributed by atoms with van der Waals surface area (Å²) in [6.45, 7) is 0. The third kappa shape index (κ3) is 3.12. The van der Waals surface area contributed by atoms with Crippen LogP contribution in [0.4, 0.5) is 5.69 Å². The molecular weight excluding hydrogens is 332 g/mol. The van der Waals surface area contributed by atoms with E-state index >= 15 is 0 Å². The monoisotopic (exact) mass is 344 g/mol. The number of hydrogen-bond acceptors (Lipinski definition) is 5. The highest BCUT2D eigenvalue weighted by molar-refractivity contribution is 6.36. The van der Waals surface area contributed by atoms with Crippen LogP contribution >= 0.6 is 11.6 Å². The summed E-state index contributed by atoms with van der Waals surface area (Å²) >= 11 is 6.05. The van der Waals surface area contributed by atoms with Crippen molar-refractivity contribution >= 4 is 35.0 Å². The van der Waals surface area contributed by atoms with Gasteiger partial charge < -0.3 is 0 Å². The maximum Gasteiger partial charge on any atom is 0.265 e. The fraction of sp³-hybridized carbons (Fsp3) is 0.125. The Bertz CT molecular complexity index is 797. The Labute approximate surface area is 142 Å². The van der Waals surface area contributed by atoms with Gasteiger partial charge in [0.1, 0.15) is 6.04 Å².